The van der Waals surface area contributed by atoms with E-state index in [0.29, 0.717) is 75.9 Å². The van der Waals surface area contributed by atoms with Gasteiger partial charge in [0, 0.05) is 50.0 Å². The van der Waals surface area contributed by atoms with Crippen molar-refractivity contribution in [2.45, 2.75) is 83.8 Å². The number of ether oxygens (including phenoxy) is 1. The number of carbonyl (C=O) groups is 1. The number of carbonyl (C=O) groups excluding carboxylic acids is 1. The van der Waals surface area contributed by atoms with Crippen molar-refractivity contribution in [3.05, 3.63) is 145 Å². The normalized spacial score (nSPS) is 20.5. The van der Waals surface area contributed by atoms with Gasteiger partial charge in [-0.1, -0.05) is 24.2 Å². The average Bonchev–Trinajstić information content (AvgIpc) is 3.75. The predicted molar refractivity (Wildman–Crippen MR) is 236 cm³/mol. The molecule has 3 atom stereocenters. The summed E-state index contributed by atoms with van der Waals surface area (Å²) in [6.45, 7) is 10.6. The number of fused-ring (bicyclic) bond motifs is 3. The molecular formula is C48H46F2N10O5. The Morgan fingerprint density at radius 1 is 0.969 bits per heavy atom. The zero-order valence-corrected chi connectivity index (χ0v) is 36.8. The van der Waals surface area contributed by atoms with E-state index in [2.05, 4.69) is 41.2 Å². The van der Waals surface area contributed by atoms with Crippen LogP contribution in [-0.4, -0.2) is 73.4 Å². The van der Waals surface area contributed by atoms with Crippen LogP contribution in [0.5, 0.6) is 0 Å². The number of nitrogens with one attached hydrogen (secondary N) is 1. The summed E-state index contributed by atoms with van der Waals surface area (Å²) in [6.07, 6.45) is 7.11. The number of rotatable bonds is 7. The topological polar surface area (TPSA) is 164 Å². The number of aromatic nitrogens is 9. The highest BCUT2D eigenvalue weighted by Gasteiger charge is 2.59. The fraction of sp³-hybridized carbons (Fsp3) is 0.354. The molecule has 17 heteroatoms. The molecule has 2 fully saturated rings. The van der Waals surface area contributed by atoms with Gasteiger partial charge in [0.2, 0.25) is 0 Å². The number of benzene rings is 3. The molecule has 11 rings (SSSR count). The summed E-state index contributed by atoms with van der Waals surface area (Å²) >= 11 is 0. The van der Waals surface area contributed by atoms with Crippen molar-refractivity contribution < 1.29 is 22.8 Å². The van der Waals surface area contributed by atoms with Gasteiger partial charge in [0.15, 0.2) is 11.6 Å². The molecule has 5 aromatic heterocycles. The Kier molecular flexibility index (Phi) is 9.09. The fourth-order valence-corrected chi connectivity index (χ4v) is 10.3. The molecule has 1 aliphatic carbocycles. The van der Waals surface area contributed by atoms with Crippen LogP contribution in [0.2, 0.25) is 0 Å². The van der Waals surface area contributed by atoms with Crippen molar-refractivity contribution in [1.82, 2.24) is 48.7 Å². The zero-order chi connectivity index (χ0) is 45.3. The first-order valence-corrected chi connectivity index (χ1v) is 21.9. The molecule has 332 valence electrons. The van der Waals surface area contributed by atoms with Crippen LogP contribution in [0.4, 0.5) is 8.78 Å². The standard InChI is InChI=1S/C48H46F2N10O5/c1-25-17-31(18-26(2)39(25)49)60-42(59-15-14-58(46(59)63)38-10-9-37-33(40(38)50)23-51-56(37)6)34-24-57(13-11-35(34)54-60)43(61)32-19-29-8-7-28(30-12-16-64-47(4,5)22-30)20-36(29)52-41(32)48(21-27(48)3)44-53-45(62)65-55-44/h7-10,14-15,17-20,23,27,30H,11-13,16,21-22,24H2,1-6H3,(H,53,55,62). The van der Waals surface area contributed by atoms with Crippen molar-refractivity contribution in [3.63, 3.8) is 0 Å². The first kappa shape index (κ1) is 40.7. The summed E-state index contributed by atoms with van der Waals surface area (Å²) < 4.78 is 48.0. The van der Waals surface area contributed by atoms with Gasteiger partial charge in [0.1, 0.15) is 11.6 Å². The zero-order valence-electron chi connectivity index (χ0n) is 36.8. The molecule has 7 heterocycles. The third-order valence-electron chi connectivity index (χ3n) is 13.9. The maximum Gasteiger partial charge on any atom is 0.438 e. The van der Waals surface area contributed by atoms with Gasteiger partial charge in [-0.15, -0.1) is 0 Å². The molecular weight excluding hydrogens is 835 g/mol. The average molecular weight is 881 g/mol. The van der Waals surface area contributed by atoms with E-state index in [1.807, 2.05) is 19.1 Å². The van der Waals surface area contributed by atoms with Gasteiger partial charge in [0.05, 0.1) is 68.5 Å². The number of aromatic amines is 1. The second-order valence-electron chi connectivity index (χ2n) is 18.6. The van der Waals surface area contributed by atoms with Gasteiger partial charge in [-0.3, -0.25) is 33.1 Å². The maximum absolute atomic E-state index is 16.1. The van der Waals surface area contributed by atoms with Crippen LogP contribution in [0, 0.1) is 31.4 Å². The van der Waals surface area contributed by atoms with Crippen molar-refractivity contribution in [1.29, 1.82) is 0 Å². The second-order valence-corrected chi connectivity index (χ2v) is 18.6. The number of amides is 1. The van der Waals surface area contributed by atoms with Gasteiger partial charge < -0.3 is 9.64 Å². The van der Waals surface area contributed by atoms with Crippen molar-refractivity contribution in [2.24, 2.45) is 13.0 Å². The van der Waals surface area contributed by atoms with E-state index >= 15 is 13.6 Å². The Labute approximate surface area is 370 Å². The molecule has 3 aliphatic rings. The first-order chi connectivity index (χ1) is 31.1. The minimum Gasteiger partial charge on any atom is -0.376 e. The van der Waals surface area contributed by atoms with Crippen LogP contribution in [0.3, 0.4) is 0 Å². The van der Waals surface area contributed by atoms with E-state index in [9.17, 15) is 9.59 Å². The molecule has 3 unspecified atom stereocenters. The Hall–Kier alpha value is -7.01. The Balaban J connectivity index is 1.04. The molecule has 65 heavy (non-hydrogen) atoms. The van der Waals surface area contributed by atoms with Crippen LogP contribution in [0.15, 0.2) is 81.2 Å². The number of aryl methyl sites for hydroxylation is 3. The molecule has 0 radical (unpaired) electrons. The van der Waals surface area contributed by atoms with E-state index in [4.69, 9.17) is 19.3 Å². The van der Waals surface area contributed by atoms with Gasteiger partial charge in [-0.25, -0.2) is 23.1 Å². The molecule has 0 spiro atoms. The minimum absolute atomic E-state index is 0.0285. The fourth-order valence-electron chi connectivity index (χ4n) is 10.3. The van der Waals surface area contributed by atoms with Crippen molar-refractivity contribution in [3.8, 4) is 17.2 Å². The quantitative estimate of drug-likeness (QED) is 0.177. The second kappa shape index (κ2) is 14.5. The summed E-state index contributed by atoms with van der Waals surface area (Å²) in [5, 5.41) is 14.4. The van der Waals surface area contributed by atoms with E-state index in [1.165, 1.54) is 27.6 Å². The number of pyridine rings is 1. The lowest BCUT2D eigenvalue weighted by atomic mass is 9.83. The molecule has 1 amide bonds. The SMILES string of the molecule is Cc1cc(-n2nc3c(c2-n2ccn(-c4ccc5c(cnn5C)c4F)c2=O)CN(C(=O)c2cc4ccc(C5CCOC(C)(C)C5)cc4nc2C2(c4noc(=O)[nH]4)CC2C)CC3)cc(C)c1F. The number of imidazole rings is 1. The maximum atomic E-state index is 16.1. The molecule has 1 saturated carbocycles. The largest absolute Gasteiger partial charge is 0.438 e. The van der Waals surface area contributed by atoms with Gasteiger partial charge in [-0.2, -0.15) is 10.2 Å². The molecule has 1 N–H and O–H groups in total. The monoisotopic (exact) mass is 880 g/mol. The Morgan fingerprint density at radius 2 is 1.74 bits per heavy atom. The summed E-state index contributed by atoms with van der Waals surface area (Å²) in [7, 11) is 1.71. The lowest BCUT2D eigenvalue weighted by molar-refractivity contribution is -0.0592. The highest BCUT2D eigenvalue weighted by atomic mass is 19.1. The van der Waals surface area contributed by atoms with Crippen LogP contribution in [-0.2, 0) is 30.2 Å². The Morgan fingerprint density at radius 3 is 2.46 bits per heavy atom. The van der Waals surface area contributed by atoms with E-state index in [1.54, 1.807) is 59.6 Å². The van der Waals surface area contributed by atoms with Crippen LogP contribution in [0.1, 0.15) is 95.8 Å². The van der Waals surface area contributed by atoms with Crippen molar-refractivity contribution in [2.75, 3.05) is 13.2 Å². The first-order valence-electron chi connectivity index (χ1n) is 21.9. The smallest absolute Gasteiger partial charge is 0.376 e. The molecule has 0 bridgehead atoms. The summed E-state index contributed by atoms with van der Waals surface area (Å²) in [5.41, 5.74) is 4.16. The predicted octanol–water partition coefficient (Wildman–Crippen LogP) is 7.02. The molecule has 2 aliphatic heterocycles. The van der Waals surface area contributed by atoms with E-state index in [0.717, 1.165) is 29.3 Å². The summed E-state index contributed by atoms with van der Waals surface area (Å²) in [4.78, 5) is 52.0. The lowest BCUT2D eigenvalue weighted by Crippen LogP contribution is -2.38. The van der Waals surface area contributed by atoms with E-state index in [-0.39, 0.29) is 53.3 Å². The highest BCUT2D eigenvalue weighted by molar-refractivity contribution is 6.00. The number of hydrogen-bond acceptors (Lipinski definition) is 9. The van der Waals surface area contributed by atoms with Crippen molar-refractivity contribution >= 4 is 27.7 Å². The third kappa shape index (κ3) is 6.41. The highest BCUT2D eigenvalue weighted by Crippen LogP contribution is 2.58. The van der Waals surface area contributed by atoms with Crippen LogP contribution < -0.4 is 11.4 Å². The third-order valence-corrected chi connectivity index (χ3v) is 13.9. The summed E-state index contributed by atoms with van der Waals surface area (Å²) in [6, 6.07) is 14.7. The van der Waals surface area contributed by atoms with E-state index < -0.39 is 22.7 Å². The molecule has 15 nitrogen and oxygen atoms in total. The van der Waals surface area contributed by atoms with Gasteiger partial charge in [0.25, 0.3) is 5.91 Å². The van der Waals surface area contributed by atoms with Gasteiger partial charge >= 0.3 is 11.4 Å². The number of H-pyrrole nitrogens is 1. The molecule has 8 aromatic rings. The van der Waals surface area contributed by atoms with Crippen LogP contribution in [0.25, 0.3) is 39.0 Å². The van der Waals surface area contributed by atoms with Gasteiger partial charge in [-0.05, 0) is 112 Å². The number of nitrogens with zero attached hydrogens (tertiary/aromatic N) is 9. The Bertz CT molecular complexity index is 3390. The lowest BCUT2D eigenvalue weighted by Gasteiger charge is -2.35. The number of hydrogen-bond donors (Lipinski definition) is 1. The number of halogens is 2. The summed E-state index contributed by atoms with van der Waals surface area (Å²) in [5.74, 6) is -1.06. The van der Waals surface area contributed by atoms with Crippen LogP contribution >= 0.6 is 0 Å². The minimum atomic E-state index is -0.887. The molecule has 3 aromatic carbocycles. The molecule has 1 saturated heterocycles.